The zero-order chi connectivity index (χ0) is 17.1. The molecule has 3 rings (SSSR count). The zero-order valence-electron chi connectivity index (χ0n) is 14.2. The van der Waals surface area contributed by atoms with Gasteiger partial charge in [-0.3, -0.25) is 9.69 Å². The Kier molecular flexibility index (Phi) is 5.05. The van der Waals surface area contributed by atoms with Crippen molar-refractivity contribution in [1.82, 2.24) is 4.90 Å². The summed E-state index contributed by atoms with van der Waals surface area (Å²) in [4.78, 5) is 14.3. The molecule has 4 heteroatoms. The maximum absolute atomic E-state index is 12.3. The van der Waals surface area contributed by atoms with E-state index in [1.807, 2.05) is 23.1 Å². The number of hydrogen-bond acceptors (Lipinski definition) is 2. The molecule has 1 saturated heterocycles. The minimum atomic E-state index is 0.0233. The fourth-order valence-electron chi connectivity index (χ4n) is 2.94. The minimum absolute atomic E-state index is 0.0233. The number of carbonyl (C=O) groups is 1. The van der Waals surface area contributed by atoms with E-state index in [1.165, 1.54) is 0 Å². The van der Waals surface area contributed by atoms with E-state index in [0.717, 1.165) is 23.4 Å². The summed E-state index contributed by atoms with van der Waals surface area (Å²) in [5.74, 6) is 1.23. The number of nitrogens with zero attached hydrogens (tertiary/aromatic N) is 2. The summed E-state index contributed by atoms with van der Waals surface area (Å²) in [5, 5.41) is 0. The predicted octanol–water partition coefficient (Wildman–Crippen LogP) is 3.97. The van der Waals surface area contributed by atoms with Crippen molar-refractivity contribution in [2.45, 2.75) is 19.3 Å². The molecule has 1 atom stereocenters. The van der Waals surface area contributed by atoms with Gasteiger partial charge in [-0.15, -0.1) is 0 Å². The van der Waals surface area contributed by atoms with Crippen molar-refractivity contribution in [2.24, 2.45) is 5.92 Å². The maximum Gasteiger partial charge on any atom is 0.285 e. The van der Waals surface area contributed by atoms with Crippen LogP contribution in [0.25, 0.3) is 17.3 Å². The van der Waals surface area contributed by atoms with Gasteiger partial charge in [0.05, 0.1) is 5.75 Å². The summed E-state index contributed by atoms with van der Waals surface area (Å²) in [5.41, 5.74) is 3.39. The second-order valence-electron chi connectivity index (χ2n) is 6.40. The third kappa shape index (κ3) is 3.39. The fourth-order valence-corrected chi connectivity index (χ4v) is 4.13. The molecule has 2 heterocycles. The van der Waals surface area contributed by atoms with E-state index in [2.05, 4.69) is 61.5 Å². The summed E-state index contributed by atoms with van der Waals surface area (Å²) < 4.78 is 2.21. The van der Waals surface area contributed by atoms with Gasteiger partial charge in [0, 0.05) is 24.2 Å². The van der Waals surface area contributed by atoms with Crippen LogP contribution in [0.3, 0.4) is 0 Å². The topological polar surface area (TPSA) is 24.2 Å². The van der Waals surface area contributed by atoms with Crippen LogP contribution in [-0.4, -0.2) is 23.1 Å². The largest absolute Gasteiger partial charge is 0.285 e. The van der Waals surface area contributed by atoms with Gasteiger partial charge in [0.15, 0.2) is 6.20 Å². The summed E-state index contributed by atoms with van der Waals surface area (Å²) in [7, 11) is 0. The number of pyridine rings is 1. The smallest absolute Gasteiger partial charge is 0.274 e. The molecule has 1 amide bonds. The highest BCUT2D eigenvalue weighted by molar-refractivity contribution is 8.00. The molecule has 24 heavy (non-hydrogen) atoms. The summed E-state index contributed by atoms with van der Waals surface area (Å²) >= 11 is 1.69. The molecular formula is C20H23N2OS+. The van der Waals surface area contributed by atoms with E-state index < -0.39 is 0 Å². The quantitative estimate of drug-likeness (QED) is 0.770. The third-order valence-corrected chi connectivity index (χ3v) is 5.27. The first-order valence-corrected chi connectivity index (χ1v) is 9.29. The normalized spacial score (nSPS) is 17.5. The van der Waals surface area contributed by atoms with E-state index in [1.54, 1.807) is 11.8 Å². The van der Waals surface area contributed by atoms with Gasteiger partial charge in [0.2, 0.25) is 11.6 Å². The predicted molar refractivity (Wildman–Crippen MR) is 100 cm³/mol. The van der Waals surface area contributed by atoms with E-state index in [-0.39, 0.29) is 11.4 Å². The van der Waals surface area contributed by atoms with Crippen LogP contribution in [0.5, 0.6) is 0 Å². The molecule has 0 radical (unpaired) electrons. The van der Waals surface area contributed by atoms with Gasteiger partial charge < -0.3 is 0 Å². The zero-order valence-corrected chi connectivity index (χ0v) is 15.0. The molecule has 0 aliphatic carbocycles. The number of carbonyl (C=O) groups excluding carboxylic acids is 1. The van der Waals surface area contributed by atoms with Gasteiger partial charge in [-0.2, -0.15) is 4.57 Å². The van der Waals surface area contributed by atoms with Crippen LogP contribution in [0, 0.1) is 5.92 Å². The lowest BCUT2D eigenvalue weighted by Crippen LogP contribution is -2.48. The summed E-state index contributed by atoms with van der Waals surface area (Å²) in [6, 6.07) is 14.5. The Morgan fingerprint density at radius 2 is 2.04 bits per heavy atom. The van der Waals surface area contributed by atoms with E-state index in [9.17, 15) is 4.79 Å². The lowest BCUT2D eigenvalue weighted by molar-refractivity contribution is -0.705. The molecule has 1 aromatic heterocycles. The standard InChI is InChI=1S/C20H23N2OS/c1-4-16-8-10-17(11-9-16)18-7-5-6-12-21(18)20-22(13-15(2)3)19(23)14-24-20/h4-12,15,20H,1,13-14H2,2-3H3/q+1. The first kappa shape index (κ1) is 16.8. The molecule has 1 aromatic carbocycles. The Hall–Kier alpha value is -2.07. The Bertz CT molecular complexity index is 740. The van der Waals surface area contributed by atoms with Crippen LogP contribution in [0.15, 0.2) is 55.2 Å². The van der Waals surface area contributed by atoms with Crippen molar-refractivity contribution >= 4 is 23.7 Å². The number of benzene rings is 1. The molecule has 2 aromatic rings. The van der Waals surface area contributed by atoms with Gasteiger partial charge in [0.1, 0.15) is 0 Å². The average molecular weight is 339 g/mol. The maximum atomic E-state index is 12.3. The minimum Gasteiger partial charge on any atom is -0.274 e. The molecule has 0 N–H and O–H groups in total. The molecule has 124 valence electrons. The van der Waals surface area contributed by atoms with E-state index in [4.69, 9.17) is 0 Å². The van der Waals surface area contributed by atoms with Crippen LogP contribution >= 0.6 is 11.8 Å². The number of aromatic nitrogens is 1. The van der Waals surface area contributed by atoms with Crippen LogP contribution < -0.4 is 4.57 Å². The Morgan fingerprint density at radius 3 is 2.71 bits per heavy atom. The molecule has 1 aliphatic rings. The monoisotopic (exact) mass is 339 g/mol. The van der Waals surface area contributed by atoms with Crippen LogP contribution in [0.2, 0.25) is 0 Å². The van der Waals surface area contributed by atoms with Gasteiger partial charge in [-0.1, -0.05) is 50.4 Å². The van der Waals surface area contributed by atoms with Crippen molar-refractivity contribution in [3.8, 4) is 11.3 Å². The lowest BCUT2D eigenvalue weighted by atomic mass is 10.1. The molecule has 1 aliphatic heterocycles. The second kappa shape index (κ2) is 7.22. The Balaban J connectivity index is 1.99. The van der Waals surface area contributed by atoms with Gasteiger partial charge in [-0.25, -0.2) is 0 Å². The summed E-state index contributed by atoms with van der Waals surface area (Å²) in [6.07, 6.45) is 3.92. The molecule has 1 fully saturated rings. The summed E-state index contributed by atoms with van der Waals surface area (Å²) in [6.45, 7) is 8.89. The molecular weight excluding hydrogens is 316 g/mol. The van der Waals surface area contributed by atoms with Crippen LogP contribution in [-0.2, 0) is 4.79 Å². The third-order valence-electron chi connectivity index (χ3n) is 4.07. The van der Waals surface area contributed by atoms with Gasteiger partial charge >= 0.3 is 0 Å². The van der Waals surface area contributed by atoms with Crippen LogP contribution in [0.4, 0.5) is 0 Å². The number of thioether (sulfide) groups is 1. The van der Waals surface area contributed by atoms with Crippen molar-refractivity contribution < 1.29 is 9.36 Å². The Labute approximate surface area is 148 Å². The highest BCUT2D eigenvalue weighted by atomic mass is 32.2. The van der Waals surface area contributed by atoms with Crippen molar-refractivity contribution in [2.75, 3.05) is 12.3 Å². The van der Waals surface area contributed by atoms with Gasteiger partial charge in [0.25, 0.3) is 5.50 Å². The number of hydrogen-bond donors (Lipinski definition) is 0. The van der Waals surface area contributed by atoms with Crippen molar-refractivity contribution in [3.05, 3.63) is 60.8 Å². The first-order valence-electron chi connectivity index (χ1n) is 8.24. The fraction of sp³-hybridized carbons (Fsp3) is 0.300. The van der Waals surface area contributed by atoms with E-state index >= 15 is 0 Å². The highest BCUT2D eigenvalue weighted by Gasteiger charge is 2.39. The molecule has 3 nitrogen and oxygen atoms in total. The molecule has 0 spiro atoms. The first-order chi connectivity index (χ1) is 11.6. The number of rotatable bonds is 5. The highest BCUT2D eigenvalue weighted by Crippen LogP contribution is 2.32. The molecule has 1 unspecified atom stereocenters. The van der Waals surface area contributed by atoms with E-state index in [0.29, 0.717) is 11.7 Å². The molecule has 0 saturated carbocycles. The Morgan fingerprint density at radius 1 is 1.29 bits per heavy atom. The van der Waals surface area contributed by atoms with Crippen molar-refractivity contribution in [1.29, 1.82) is 0 Å². The number of amides is 1. The van der Waals surface area contributed by atoms with Crippen molar-refractivity contribution in [3.63, 3.8) is 0 Å². The average Bonchev–Trinajstić information content (AvgIpc) is 2.95. The van der Waals surface area contributed by atoms with Crippen LogP contribution in [0.1, 0.15) is 24.9 Å². The SMILES string of the molecule is C=Cc1ccc(-c2cccc[n+]2C2SCC(=O)N2CC(C)C)cc1. The van der Waals surface area contributed by atoms with Gasteiger partial charge in [-0.05, 0) is 29.7 Å². The second-order valence-corrected chi connectivity index (χ2v) is 7.44. The molecule has 0 bridgehead atoms. The lowest BCUT2D eigenvalue weighted by Gasteiger charge is -2.22.